The molecule has 0 unspecified atom stereocenters. The number of carboxylic acid groups (broad SMARTS) is 1. The number of carbonyl (C=O) groups excluding carboxylic acids is 2. The normalized spacial score (nSPS) is 30.1. The van der Waals surface area contributed by atoms with E-state index < -0.39 is 11.9 Å². The number of carbonyl (C=O) groups is 3. The number of hydrogen-bond donors (Lipinski definition) is 2. The molecule has 6 nitrogen and oxygen atoms in total. The van der Waals surface area contributed by atoms with Gasteiger partial charge in [-0.15, -0.1) is 0 Å². The van der Waals surface area contributed by atoms with Crippen molar-refractivity contribution >= 4 is 17.8 Å². The van der Waals surface area contributed by atoms with E-state index in [0.717, 1.165) is 19.3 Å². The van der Waals surface area contributed by atoms with Crippen molar-refractivity contribution in [2.45, 2.75) is 44.6 Å². The molecule has 2 rings (SSSR count). The SMILES string of the molecule is CNC(=O)[C@@H]1CCCN1C(=O)[C@@H]1CCC[C@H](C(=O)O)C1. The van der Waals surface area contributed by atoms with E-state index in [4.69, 9.17) is 5.11 Å². The van der Waals surface area contributed by atoms with Crippen LogP contribution in [-0.4, -0.2) is 47.4 Å². The number of aliphatic carboxylic acids is 1. The molecule has 1 saturated heterocycles. The molecule has 1 aliphatic heterocycles. The zero-order valence-electron chi connectivity index (χ0n) is 11.8. The molecule has 2 fully saturated rings. The molecule has 20 heavy (non-hydrogen) atoms. The van der Waals surface area contributed by atoms with E-state index >= 15 is 0 Å². The number of likely N-dealkylation sites (N-methyl/N-ethyl adjacent to an activating group) is 1. The van der Waals surface area contributed by atoms with Gasteiger partial charge in [0.05, 0.1) is 5.92 Å². The molecule has 1 aliphatic carbocycles. The van der Waals surface area contributed by atoms with Crippen LogP contribution in [0.3, 0.4) is 0 Å². The smallest absolute Gasteiger partial charge is 0.306 e. The van der Waals surface area contributed by atoms with E-state index in [0.29, 0.717) is 25.8 Å². The maximum Gasteiger partial charge on any atom is 0.306 e. The minimum atomic E-state index is -0.813. The topological polar surface area (TPSA) is 86.7 Å². The highest BCUT2D eigenvalue weighted by atomic mass is 16.4. The second kappa shape index (κ2) is 6.24. The predicted molar refractivity (Wildman–Crippen MR) is 71.9 cm³/mol. The van der Waals surface area contributed by atoms with Crippen molar-refractivity contribution in [1.82, 2.24) is 10.2 Å². The number of likely N-dealkylation sites (tertiary alicyclic amines) is 1. The van der Waals surface area contributed by atoms with Crippen molar-refractivity contribution in [3.05, 3.63) is 0 Å². The molecule has 1 heterocycles. The van der Waals surface area contributed by atoms with Gasteiger partial charge in [0.25, 0.3) is 0 Å². The van der Waals surface area contributed by atoms with Gasteiger partial charge in [-0.25, -0.2) is 0 Å². The summed E-state index contributed by atoms with van der Waals surface area (Å²) in [6.45, 7) is 0.602. The third-order valence-electron chi connectivity index (χ3n) is 4.46. The van der Waals surface area contributed by atoms with Crippen LogP contribution < -0.4 is 5.32 Å². The minimum absolute atomic E-state index is 0.0398. The van der Waals surface area contributed by atoms with Crippen molar-refractivity contribution in [3.63, 3.8) is 0 Å². The standard InChI is InChI=1S/C14H22N2O4/c1-15-12(17)11-6-3-7-16(11)13(18)9-4-2-5-10(8-9)14(19)20/h9-11H,2-8H2,1H3,(H,15,17)(H,19,20)/t9-,10+,11+/m1/s1. The van der Waals surface area contributed by atoms with Crippen LogP contribution in [0.15, 0.2) is 0 Å². The van der Waals surface area contributed by atoms with Crippen molar-refractivity contribution < 1.29 is 19.5 Å². The number of nitrogens with zero attached hydrogens (tertiary/aromatic N) is 1. The van der Waals surface area contributed by atoms with E-state index in [1.165, 1.54) is 0 Å². The summed E-state index contributed by atoms with van der Waals surface area (Å²) in [5.41, 5.74) is 0. The lowest BCUT2D eigenvalue weighted by atomic mass is 9.80. The van der Waals surface area contributed by atoms with Gasteiger partial charge in [-0.3, -0.25) is 14.4 Å². The van der Waals surface area contributed by atoms with Crippen molar-refractivity contribution in [1.29, 1.82) is 0 Å². The fourth-order valence-corrected chi connectivity index (χ4v) is 3.34. The maximum atomic E-state index is 12.6. The quantitative estimate of drug-likeness (QED) is 0.794. The first-order valence-electron chi connectivity index (χ1n) is 7.29. The van der Waals surface area contributed by atoms with Crippen molar-refractivity contribution in [3.8, 4) is 0 Å². The lowest BCUT2D eigenvalue weighted by Crippen LogP contribution is -2.47. The Morgan fingerprint density at radius 2 is 1.80 bits per heavy atom. The van der Waals surface area contributed by atoms with Crippen LogP contribution in [-0.2, 0) is 14.4 Å². The molecular weight excluding hydrogens is 260 g/mol. The maximum absolute atomic E-state index is 12.6. The average Bonchev–Trinajstić information content (AvgIpc) is 2.95. The summed E-state index contributed by atoms with van der Waals surface area (Å²) >= 11 is 0. The fraction of sp³-hybridized carbons (Fsp3) is 0.786. The van der Waals surface area contributed by atoms with E-state index in [1.54, 1.807) is 11.9 Å². The molecule has 3 atom stereocenters. The first-order valence-corrected chi connectivity index (χ1v) is 7.29. The van der Waals surface area contributed by atoms with Crippen LogP contribution in [0.4, 0.5) is 0 Å². The van der Waals surface area contributed by atoms with Crippen LogP contribution in [0, 0.1) is 11.8 Å². The fourth-order valence-electron chi connectivity index (χ4n) is 3.34. The lowest BCUT2D eigenvalue weighted by Gasteiger charge is -2.31. The van der Waals surface area contributed by atoms with Gasteiger partial charge >= 0.3 is 5.97 Å². The first-order chi connectivity index (χ1) is 9.54. The van der Waals surface area contributed by atoms with Gasteiger partial charge in [0, 0.05) is 19.5 Å². The Morgan fingerprint density at radius 1 is 1.10 bits per heavy atom. The van der Waals surface area contributed by atoms with Crippen LogP contribution in [0.5, 0.6) is 0 Å². The molecule has 0 bridgehead atoms. The van der Waals surface area contributed by atoms with Crippen LogP contribution in [0.25, 0.3) is 0 Å². The van der Waals surface area contributed by atoms with Gasteiger partial charge in [0.1, 0.15) is 6.04 Å². The highest BCUT2D eigenvalue weighted by Gasteiger charge is 2.39. The number of amides is 2. The van der Waals surface area contributed by atoms with E-state index in [-0.39, 0.29) is 23.8 Å². The van der Waals surface area contributed by atoms with Gasteiger partial charge < -0.3 is 15.3 Å². The molecule has 1 saturated carbocycles. The van der Waals surface area contributed by atoms with Gasteiger partial charge in [0.15, 0.2) is 0 Å². The summed E-state index contributed by atoms with van der Waals surface area (Å²) in [5.74, 6) is -1.64. The first kappa shape index (κ1) is 14.8. The third kappa shape index (κ3) is 2.94. The van der Waals surface area contributed by atoms with Crippen LogP contribution in [0.1, 0.15) is 38.5 Å². The molecular formula is C14H22N2O4. The highest BCUT2D eigenvalue weighted by molar-refractivity contribution is 5.89. The molecule has 0 aromatic rings. The Bertz CT molecular complexity index is 410. The monoisotopic (exact) mass is 282 g/mol. The Kier molecular flexibility index (Phi) is 4.62. The average molecular weight is 282 g/mol. The minimum Gasteiger partial charge on any atom is -0.481 e. The number of carboxylic acids is 1. The second-order valence-corrected chi connectivity index (χ2v) is 5.70. The van der Waals surface area contributed by atoms with Gasteiger partial charge in [-0.1, -0.05) is 6.42 Å². The summed E-state index contributed by atoms with van der Waals surface area (Å²) in [6.07, 6.45) is 4.09. The van der Waals surface area contributed by atoms with E-state index in [2.05, 4.69) is 5.32 Å². The Labute approximate surface area is 118 Å². The molecule has 0 aromatic heterocycles. The molecule has 112 valence electrons. The Morgan fingerprint density at radius 3 is 2.45 bits per heavy atom. The lowest BCUT2D eigenvalue weighted by molar-refractivity contribution is -0.147. The summed E-state index contributed by atoms with van der Waals surface area (Å²) in [6, 6.07) is -0.377. The summed E-state index contributed by atoms with van der Waals surface area (Å²) in [5, 5.41) is 11.7. The zero-order chi connectivity index (χ0) is 14.7. The molecule has 2 amide bonds. The van der Waals surface area contributed by atoms with Gasteiger partial charge in [-0.05, 0) is 32.1 Å². The van der Waals surface area contributed by atoms with Crippen LogP contribution >= 0.6 is 0 Å². The molecule has 6 heteroatoms. The molecule has 0 radical (unpaired) electrons. The van der Waals surface area contributed by atoms with Gasteiger partial charge in [0.2, 0.25) is 11.8 Å². The molecule has 0 spiro atoms. The number of rotatable bonds is 3. The zero-order valence-corrected chi connectivity index (χ0v) is 11.8. The Balaban J connectivity index is 2.02. The summed E-state index contributed by atoms with van der Waals surface area (Å²) in [7, 11) is 1.57. The molecule has 0 aromatic carbocycles. The highest BCUT2D eigenvalue weighted by Crippen LogP contribution is 2.32. The number of nitrogens with one attached hydrogen (secondary N) is 1. The van der Waals surface area contributed by atoms with Crippen molar-refractivity contribution in [2.75, 3.05) is 13.6 Å². The summed E-state index contributed by atoms with van der Waals surface area (Å²) in [4.78, 5) is 37.1. The largest absolute Gasteiger partial charge is 0.481 e. The third-order valence-corrected chi connectivity index (χ3v) is 4.46. The molecule has 2 aliphatic rings. The van der Waals surface area contributed by atoms with E-state index in [9.17, 15) is 14.4 Å². The summed E-state index contributed by atoms with van der Waals surface area (Å²) < 4.78 is 0. The predicted octanol–water partition coefficient (Wildman–Crippen LogP) is 0.614. The molecule has 2 N–H and O–H groups in total. The van der Waals surface area contributed by atoms with Crippen LogP contribution in [0.2, 0.25) is 0 Å². The Hall–Kier alpha value is -1.59. The van der Waals surface area contributed by atoms with Gasteiger partial charge in [-0.2, -0.15) is 0 Å². The van der Waals surface area contributed by atoms with Crippen molar-refractivity contribution in [2.24, 2.45) is 11.8 Å². The number of hydrogen-bond acceptors (Lipinski definition) is 3. The van der Waals surface area contributed by atoms with E-state index in [1.807, 2.05) is 0 Å². The second-order valence-electron chi connectivity index (χ2n) is 5.70.